The molecule has 66 valence electrons. The zero-order valence-corrected chi connectivity index (χ0v) is 7.89. The molecule has 0 aliphatic heterocycles. The molecule has 0 aromatic carbocycles. The lowest BCUT2D eigenvalue weighted by Crippen LogP contribution is -2.25. The molecule has 0 aromatic heterocycles. The molecular formula is C11H16O. The van der Waals surface area contributed by atoms with Crippen molar-refractivity contribution in [2.45, 2.75) is 33.1 Å². The van der Waals surface area contributed by atoms with Gasteiger partial charge in [0, 0.05) is 11.3 Å². The molecule has 2 saturated carbocycles. The first-order valence-electron chi connectivity index (χ1n) is 4.72. The molecule has 0 N–H and O–H groups in total. The zero-order valence-electron chi connectivity index (χ0n) is 7.89. The number of rotatable bonds is 2. The zero-order chi connectivity index (χ0) is 8.93. The Morgan fingerprint density at radius 2 is 2.42 bits per heavy atom. The van der Waals surface area contributed by atoms with E-state index >= 15 is 0 Å². The van der Waals surface area contributed by atoms with E-state index in [0.29, 0.717) is 11.7 Å². The highest BCUT2D eigenvalue weighted by Gasteiger charge is 2.58. The van der Waals surface area contributed by atoms with Crippen LogP contribution in [-0.4, -0.2) is 5.78 Å². The van der Waals surface area contributed by atoms with Crippen LogP contribution in [0.1, 0.15) is 33.1 Å². The van der Waals surface area contributed by atoms with Crippen LogP contribution in [-0.2, 0) is 4.79 Å². The molecule has 0 amide bonds. The molecule has 0 aromatic rings. The minimum atomic E-state index is -0.0422. The number of hydrogen-bond acceptors (Lipinski definition) is 1. The minimum Gasteiger partial charge on any atom is -0.299 e. The molecule has 1 nitrogen and oxygen atoms in total. The van der Waals surface area contributed by atoms with E-state index < -0.39 is 0 Å². The van der Waals surface area contributed by atoms with E-state index in [-0.39, 0.29) is 5.41 Å². The Kier molecular flexibility index (Phi) is 1.48. The second kappa shape index (κ2) is 2.21. The van der Waals surface area contributed by atoms with Gasteiger partial charge in [-0.05, 0) is 32.1 Å². The van der Waals surface area contributed by atoms with Crippen molar-refractivity contribution in [1.29, 1.82) is 0 Å². The molecule has 2 rings (SSSR count). The fourth-order valence-corrected chi connectivity index (χ4v) is 2.75. The molecule has 1 heteroatoms. The smallest absolute Gasteiger partial charge is 0.142 e. The van der Waals surface area contributed by atoms with Crippen LogP contribution in [0.15, 0.2) is 12.2 Å². The Bertz CT molecular complexity index is 254. The summed E-state index contributed by atoms with van der Waals surface area (Å²) >= 11 is 0. The maximum absolute atomic E-state index is 11.8. The van der Waals surface area contributed by atoms with Crippen molar-refractivity contribution in [2.75, 3.05) is 0 Å². The maximum Gasteiger partial charge on any atom is 0.142 e. The Morgan fingerprint density at radius 1 is 1.75 bits per heavy atom. The van der Waals surface area contributed by atoms with Gasteiger partial charge >= 0.3 is 0 Å². The van der Waals surface area contributed by atoms with Crippen LogP contribution in [0.25, 0.3) is 0 Å². The van der Waals surface area contributed by atoms with Gasteiger partial charge < -0.3 is 0 Å². The van der Waals surface area contributed by atoms with Crippen molar-refractivity contribution in [2.24, 2.45) is 17.3 Å². The van der Waals surface area contributed by atoms with Crippen molar-refractivity contribution in [1.82, 2.24) is 0 Å². The fraction of sp³-hybridized carbons (Fsp3) is 0.727. The Hall–Kier alpha value is -0.590. The topological polar surface area (TPSA) is 17.1 Å². The molecule has 3 atom stereocenters. The van der Waals surface area contributed by atoms with Crippen molar-refractivity contribution in [3.8, 4) is 0 Å². The molecule has 2 aliphatic carbocycles. The van der Waals surface area contributed by atoms with Gasteiger partial charge in [0.1, 0.15) is 5.78 Å². The van der Waals surface area contributed by atoms with Gasteiger partial charge in [-0.25, -0.2) is 0 Å². The highest BCUT2D eigenvalue weighted by molar-refractivity contribution is 5.92. The first-order chi connectivity index (χ1) is 5.53. The average molecular weight is 164 g/mol. The molecule has 0 radical (unpaired) electrons. The molecule has 2 aliphatic rings. The van der Waals surface area contributed by atoms with Gasteiger partial charge in [-0.1, -0.05) is 12.5 Å². The standard InChI is InChI=1S/C11H16O/c1-7(2)5-11(3)6-8-4-9(8)10(11)12/h8-9H,1,4-6H2,2-3H3/t8-,9-,11-/m1/s1. The average Bonchev–Trinajstić information content (AvgIpc) is 2.58. The summed E-state index contributed by atoms with van der Waals surface area (Å²) in [5.41, 5.74) is 1.10. The van der Waals surface area contributed by atoms with E-state index in [1.165, 1.54) is 6.42 Å². The minimum absolute atomic E-state index is 0.0422. The van der Waals surface area contributed by atoms with E-state index in [1.54, 1.807) is 0 Å². The lowest BCUT2D eigenvalue weighted by atomic mass is 9.79. The van der Waals surface area contributed by atoms with Crippen LogP contribution >= 0.6 is 0 Å². The van der Waals surface area contributed by atoms with Gasteiger partial charge in [0.25, 0.3) is 0 Å². The molecule has 0 unspecified atom stereocenters. The summed E-state index contributed by atoms with van der Waals surface area (Å²) < 4.78 is 0. The van der Waals surface area contributed by atoms with Crippen LogP contribution in [0.3, 0.4) is 0 Å². The summed E-state index contributed by atoms with van der Waals surface area (Å²) in [5, 5.41) is 0. The third kappa shape index (κ3) is 1.03. The molecule has 0 bridgehead atoms. The first-order valence-corrected chi connectivity index (χ1v) is 4.72. The number of allylic oxidation sites excluding steroid dienone is 1. The predicted molar refractivity (Wildman–Crippen MR) is 48.8 cm³/mol. The number of ketones is 1. The number of Topliss-reactive ketones (excluding diaryl/α,β-unsaturated/α-hetero) is 1. The number of hydrogen-bond donors (Lipinski definition) is 0. The number of fused-ring (bicyclic) bond motifs is 1. The van der Waals surface area contributed by atoms with Gasteiger partial charge in [-0.15, -0.1) is 6.58 Å². The summed E-state index contributed by atoms with van der Waals surface area (Å²) in [4.78, 5) is 11.8. The SMILES string of the molecule is C=C(C)C[C@]1(C)C[C@H]2C[C@H]2C1=O. The van der Waals surface area contributed by atoms with E-state index in [1.807, 2.05) is 6.92 Å². The van der Waals surface area contributed by atoms with Crippen LogP contribution in [0, 0.1) is 17.3 Å². The molecule has 2 fully saturated rings. The second-order valence-electron chi connectivity index (χ2n) is 4.87. The first kappa shape index (κ1) is 8.03. The third-order valence-corrected chi connectivity index (χ3v) is 3.26. The van der Waals surface area contributed by atoms with Gasteiger partial charge in [0.2, 0.25) is 0 Å². The van der Waals surface area contributed by atoms with E-state index in [2.05, 4.69) is 13.5 Å². The number of carbonyl (C=O) groups excluding carboxylic acids is 1. The van der Waals surface area contributed by atoms with Gasteiger partial charge in [-0.2, -0.15) is 0 Å². The fourth-order valence-electron chi connectivity index (χ4n) is 2.75. The predicted octanol–water partition coefficient (Wildman–Crippen LogP) is 2.57. The highest BCUT2D eigenvalue weighted by Crippen LogP contribution is 2.58. The van der Waals surface area contributed by atoms with Crippen LogP contribution < -0.4 is 0 Å². The number of carbonyl (C=O) groups is 1. The maximum atomic E-state index is 11.8. The van der Waals surface area contributed by atoms with Gasteiger partial charge in [0.15, 0.2) is 0 Å². The Morgan fingerprint density at radius 3 is 2.83 bits per heavy atom. The molecule has 0 spiro atoms. The van der Waals surface area contributed by atoms with Crippen molar-refractivity contribution in [3.05, 3.63) is 12.2 Å². The quantitative estimate of drug-likeness (QED) is 0.573. The summed E-state index contributed by atoms with van der Waals surface area (Å²) in [6.07, 6.45) is 3.19. The lowest BCUT2D eigenvalue weighted by Gasteiger charge is -2.23. The third-order valence-electron chi connectivity index (χ3n) is 3.26. The summed E-state index contributed by atoms with van der Waals surface area (Å²) in [5.74, 6) is 1.69. The van der Waals surface area contributed by atoms with Crippen LogP contribution in [0.5, 0.6) is 0 Å². The van der Waals surface area contributed by atoms with E-state index in [0.717, 1.165) is 24.3 Å². The van der Waals surface area contributed by atoms with Crippen molar-refractivity contribution in [3.63, 3.8) is 0 Å². The summed E-state index contributed by atoms with van der Waals surface area (Å²) in [7, 11) is 0. The lowest BCUT2D eigenvalue weighted by molar-refractivity contribution is -0.127. The molecule has 0 saturated heterocycles. The van der Waals surface area contributed by atoms with Crippen LogP contribution in [0.4, 0.5) is 0 Å². The van der Waals surface area contributed by atoms with Gasteiger partial charge in [-0.3, -0.25) is 4.79 Å². The normalized spacial score (nSPS) is 44.3. The molecule has 0 heterocycles. The van der Waals surface area contributed by atoms with Gasteiger partial charge in [0.05, 0.1) is 0 Å². The Balaban J connectivity index is 2.12. The van der Waals surface area contributed by atoms with Crippen molar-refractivity contribution < 1.29 is 4.79 Å². The van der Waals surface area contributed by atoms with Crippen molar-refractivity contribution >= 4 is 5.78 Å². The monoisotopic (exact) mass is 164 g/mol. The second-order valence-corrected chi connectivity index (χ2v) is 4.87. The summed E-state index contributed by atoms with van der Waals surface area (Å²) in [6, 6.07) is 0. The molecular weight excluding hydrogens is 148 g/mol. The summed E-state index contributed by atoms with van der Waals surface area (Å²) in [6.45, 7) is 8.01. The Labute approximate surface area is 73.8 Å². The highest BCUT2D eigenvalue weighted by atomic mass is 16.1. The van der Waals surface area contributed by atoms with Crippen LogP contribution in [0.2, 0.25) is 0 Å². The molecule has 12 heavy (non-hydrogen) atoms. The van der Waals surface area contributed by atoms with E-state index in [9.17, 15) is 4.79 Å². The van der Waals surface area contributed by atoms with E-state index in [4.69, 9.17) is 0 Å². The largest absolute Gasteiger partial charge is 0.299 e.